The summed E-state index contributed by atoms with van der Waals surface area (Å²) in [5.74, 6) is 0.218. The molecule has 1 aromatic heterocycles. The molecule has 76 valence electrons. The van der Waals surface area contributed by atoms with Crippen molar-refractivity contribution in [3.63, 3.8) is 0 Å². The van der Waals surface area contributed by atoms with Crippen LogP contribution in [0, 0.1) is 6.92 Å². The Morgan fingerprint density at radius 3 is 2.73 bits per heavy atom. The number of fused-ring (bicyclic) bond motifs is 1. The molecule has 15 heavy (non-hydrogen) atoms. The Bertz CT molecular complexity index is 520. The molecule has 0 unspecified atom stereocenters. The van der Waals surface area contributed by atoms with Gasteiger partial charge in [-0.1, -0.05) is 6.07 Å². The van der Waals surface area contributed by atoms with E-state index in [0.29, 0.717) is 5.75 Å². The van der Waals surface area contributed by atoms with Gasteiger partial charge < -0.3 is 4.74 Å². The number of hydrogen-bond donors (Lipinski definition) is 0. The van der Waals surface area contributed by atoms with Crippen molar-refractivity contribution in [1.29, 1.82) is 0 Å². The lowest BCUT2D eigenvalue weighted by atomic mass is 10.2. The van der Waals surface area contributed by atoms with E-state index < -0.39 is 0 Å². The van der Waals surface area contributed by atoms with E-state index >= 15 is 0 Å². The number of carbonyl (C=O) groups is 1. The maximum Gasteiger partial charge on any atom is 0.308 e. The van der Waals surface area contributed by atoms with Crippen molar-refractivity contribution in [2.45, 2.75) is 13.8 Å². The van der Waals surface area contributed by atoms with E-state index in [-0.39, 0.29) is 5.97 Å². The van der Waals surface area contributed by atoms with Crippen LogP contribution in [0.1, 0.15) is 12.6 Å². The number of nitrogens with zero attached hydrogens (tertiary/aromatic N) is 1. The molecule has 1 heterocycles. The van der Waals surface area contributed by atoms with Gasteiger partial charge in [-0.3, -0.25) is 9.78 Å². The molecule has 0 aliphatic carbocycles. The van der Waals surface area contributed by atoms with E-state index in [9.17, 15) is 4.79 Å². The minimum atomic E-state index is -0.318. The van der Waals surface area contributed by atoms with Crippen LogP contribution in [0.4, 0.5) is 0 Å². The first kappa shape index (κ1) is 9.65. The van der Waals surface area contributed by atoms with Gasteiger partial charge in [0, 0.05) is 24.1 Å². The highest BCUT2D eigenvalue weighted by molar-refractivity contribution is 5.81. The molecular formula is C12H11NO2. The Hall–Kier alpha value is -1.90. The number of hydrogen-bond acceptors (Lipinski definition) is 3. The zero-order valence-corrected chi connectivity index (χ0v) is 8.65. The van der Waals surface area contributed by atoms with Crippen molar-refractivity contribution in [3.8, 4) is 5.75 Å². The zero-order valence-electron chi connectivity index (χ0n) is 8.65. The lowest BCUT2D eigenvalue weighted by Gasteiger charge is -2.03. The van der Waals surface area contributed by atoms with Gasteiger partial charge in [0.1, 0.15) is 5.75 Å². The van der Waals surface area contributed by atoms with Crippen LogP contribution in [0.25, 0.3) is 10.9 Å². The van der Waals surface area contributed by atoms with E-state index in [1.54, 1.807) is 12.1 Å². The number of rotatable bonds is 1. The van der Waals surface area contributed by atoms with Gasteiger partial charge in [-0.15, -0.1) is 0 Å². The van der Waals surface area contributed by atoms with Crippen LogP contribution in [0.3, 0.4) is 0 Å². The molecule has 0 saturated heterocycles. The van der Waals surface area contributed by atoms with Gasteiger partial charge in [-0.2, -0.15) is 0 Å². The Morgan fingerprint density at radius 2 is 2.00 bits per heavy atom. The summed E-state index contributed by atoms with van der Waals surface area (Å²) in [5, 5.41) is 1.04. The second-order valence-electron chi connectivity index (χ2n) is 3.40. The van der Waals surface area contributed by atoms with E-state index in [1.807, 2.05) is 25.1 Å². The van der Waals surface area contributed by atoms with Gasteiger partial charge in [0.2, 0.25) is 0 Å². The average molecular weight is 201 g/mol. The predicted molar refractivity (Wildman–Crippen MR) is 57.8 cm³/mol. The third-order valence-corrected chi connectivity index (χ3v) is 2.06. The summed E-state index contributed by atoms with van der Waals surface area (Å²) >= 11 is 0. The van der Waals surface area contributed by atoms with Gasteiger partial charge in [0.05, 0.1) is 5.52 Å². The summed E-state index contributed by atoms with van der Waals surface area (Å²) in [6.45, 7) is 3.31. The monoisotopic (exact) mass is 201 g/mol. The molecule has 0 aliphatic rings. The maximum atomic E-state index is 10.8. The van der Waals surface area contributed by atoms with E-state index in [4.69, 9.17) is 4.74 Å². The minimum absolute atomic E-state index is 0.318. The lowest BCUT2D eigenvalue weighted by molar-refractivity contribution is -0.131. The zero-order chi connectivity index (χ0) is 10.8. The smallest absolute Gasteiger partial charge is 0.308 e. The molecule has 0 radical (unpaired) electrons. The van der Waals surface area contributed by atoms with Crippen molar-refractivity contribution < 1.29 is 9.53 Å². The van der Waals surface area contributed by atoms with Gasteiger partial charge >= 0.3 is 5.97 Å². The fourth-order valence-electron chi connectivity index (χ4n) is 1.43. The fraction of sp³-hybridized carbons (Fsp3) is 0.167. The van der Waals surface area contributed by atoms with Crippen molar-refractivity contribution in [2.24, 2.45) is 0 Å². The third kappa shape index (κ3) is 2.13. The molecule has 2 aromatic rings. The van der Waals surface area contributed by atoms with Crippen LogP contribution in [-0.4, -0.2) is 11.0 Å². The van der Waals surface area contributed by atoms with E-state index in [1.165, 1.54) is 6.92 Å². The van der Waals surface area contributed by atoms with Crippen LogP contribution in [0.15, 0.2) is 30.3 Å². The predicted octanol–water partition coefficient (Wildman–Crippen LogP) is 2.47. The van der Waals surface area contributed by atoms with Crippen LogP contribution < -0.4 is 4.74 Å². The molecule has 0 saturated carbocycles. The number of benzene rings is 1. The molecule has 0 amide bonds. The summed E-state index contributed by atoms with van der Waals surface area (Å²) in [7, 11) is 0. The number of esters is 1. The van der Waals surface area contributed by atoms with Gasteiger partial charge in [-0.25, -0.2) is 0 Å². The Morgan fingerprint density at radius 1 is 1.27 bits per heavy atom. The molecule has 3 nitrogen and oxygen atoms in total. The third-order valence-electron chi connectivity index (χ3n) is 2.06. The molecule has 0 fully saturated rings. The number of ether oxygens (including phenoxy) is 1. The summed E-state index contributed by atoms with van der Waals surface area (Å²) in [4.78, 5) is 15.1. The first-order valence-electron chi connectivity index (χ1n) is 4.71. The summed E-state index contributed by atoms with van der Waals surface area (Å²) in [6, 6.07) is 9.37. The van der Waals surface area contributed by atoms with E-state index in [0.717, 1.165) is 16.6 Å². The first-order chi connectivity index (χ1) is 7.15. The Balaban J connectivity index is 2.49. The average Bonchev–Trinajstić information content (AvgIpc) is 2.16. The van der Waals surface area contributed by atoms with Gasteiger partial charge in [-0.05, 0) is 25.1 Å². The number of pyridine rings is 1. The molecule has 0 bridgehead atoms. The van der Waals surface area contributed by atoms with Gasteiger partial charge in [0.15, 0.2) is 0 Å². The molecule has 0 spiro atoms. The first-order valence-corrected chi connectivity index (χ1v) is 4.71. The quantitative estimate of drug-likeness (QED) is 0.525. The summed E-state index contributed by atoms with van der Waals surface area (Å²) in [6.07, 6.45) is 0. The van der Waals surface area contributed by atoms with Crippen LogP contribution in [-0.2, 0) is 4.79 Å². The highest BCUT2D eigenvalue weighted by atomic mass is 16.5. The molecule has 2 rings (SSSR count). The Kier molecular flexibility index (Phi) is 2.37. The normalized spacial score (nSPS) is 10.3. The topological polar surface area (TPSA) is 39.2 Å². The lowest BCUT2D eigenvalue weighted by Crippen LogP contribution is -2.01. The molecule has 1 aromatic carbocycles. The Labute approximate surface area is 87.7 Å². The highest BCUT2D eigenvalue weighted by Gasteiger charge is 2.01. The minimum Gasteiger partial charge on any atom is -0.427 e. The molecule has 0 atom stereocenters. The highest BCUT2D eigenvalue weighted by Crippen LogP contribution is 2.19. The van der Waals surface area contributed by atoms with Crippen molar-refractivity contribution >= 4 is 16.9 Å². The van der Waals surface area contributed by atoms with Crippen molar-refractivity contribution in [3.05, 3.63) is 36.0 Å². The van der Waals surface area contributed by atoms with Crippen LogP contribution in [0.5, 0.6) is 5.75 Å². The summed E-state index contributed by atoms with van der Waals surface area (Å²) in [5.41, 5.74) is 1.79. The van der Waals surface area contributed by atoms with Crippen molar-refractivity contribution in [1.82, 2.24) is 4.98 Å². The largest absolute Gasteiger partial charge is 0.427 e. The molecule has 3 heteroatoms. The molecule has 0 N–H and O–H groups in total. The number of carbonyl (C=O) groups excluding carboxylic acids is 1. The second-order valence-corrected chi connectivity index (χ2v) is 3.40. The standard InChI is InChI=1S/C12H11NO2/c1-8-3-4-10-5-6-11(15-9(2)14)7-12(10)13-8/h3-7H,1-2H3. The van der Waals surface area contributed by atoms with Crippen LogP contribution >= 0.6 is 0 Å². The fourth-order valence-corrected chi connectivity index (χ4v) is 1.43. The SMILES string of the molecule is CC(=O)Oc1ccc2ccc(C)nc2c1. The van der Waals surface area contributed by atoms with Gasteiger partial charge in [0.25, 0.3) is 0 Å². The van der Waals surface area contributed by atoms with E-state index in [2.05, 4.69) is 4.98 Å². The van der Waals surface area contributed by atoms with Crippen molar-refractivity contribution in [2.75, 3.05) is 0 Å². The van der Waals surface area contributed by atoms with Crippen LogP contribution in [0.2, 0.25) is 0 Å². The maximum absolute atomic E-state index is 10.8. The summed E-state index contributed by atoms with van der Waals surface area (Å²) < 4.78 is 4.98. The molecule has 0 aliphatic heterocycles. The number of aromatic nitrogens is 1. The number of aryl methyl sites for hydroxylation is 1. The molecular weight excluding hydrogens is 190 g/mol. The second kappa shape index (κ2) is 3.69.